The van der Waals surface area contributed by atoms with Crippen molar-refractivity contribution >= 4 is 44.0 Å². The summed E-state index contributed by atoms with van der Waals surface area (Å²) in [5.41, 5.74) is 0. The average molecular weight is 389 g/mol. The van der Waals surface area contributed by atoms with Crippen LogP contribution in [0.4, 0.5) is 0 Å². The van der Waals surface area contributed by atoms with E-state index < -0.39 is 72.4 Å². The molecule has 24 heavy (non-hydrogen) atoms. The first kappa shape index (κ1) is 19.9. The maximum Gasteiger partial charge on any atom is 0.333 e. The Morgan fingerprint density at radius 3 is 1.71 bits per heavy atom. The van der Waals surface area contributed by atoms with Crippen molar-refractivity contribution < 1.29 is 55.1 Å². The van der Waals surface area contributed by atoms with Crippen molar-refractivity contribution in [1.29, 1.82) is 0 Å². The molecule has 2 amide bonds. The number of carbonyl (C=O) groups is 4. The van der Waals surface area contributed by atoms with Crippen LogP contribution in [0.5, 0.6) is 0 Å². The fraction of sp³-hybridized carbons (Fsp3) is 0.556. The van der Waals surface area contributed by atoms with Crippen molar-refractivity contribution in [2.24, 2.45) is 0 Å². The molecule has 0 aromatic rings. The molecule has 1 aliphatic heterocycles. The first-order valence-electron chi connectivity index (χ1n) is 6.00. The highest BCUT2D eigenvalue weighted by Gasteiger charge is 2.61. The first-order valence-corrected chi connectivity index (χ1v) is 9.00. The third-order valence-electron chi connectivity index (χ3n) is 2.77. The SMILES string of the molecule is O=C(O)CCCC(=O)ON1C(=O)C(S(=O)(=O)O)C(S(=O)(=O)O)C1=O. The molecular formula is C9H11NO12S2. The van der Waals surface area contributed by atoms with E-state index in [1.165, 1.54) is 0 Å². The zero-order valence-electron chi connectivity index (χ0n) is 11.6. The molecule has 2 atom stereocenters. The van der Waals surface area contributed by atoms with Crippen molar-refractivity contribution in [1.82, 2.24) is 5.06 Å². The Morgan fingerprint density at radius 2 is 1.38 bits per heavy atom. The second-order valence-electron chi connectivity index (χ2n) is 4.55. The third kappa shape index (κ3) is 4.47. The van der Waals surface area contributed by atoms with Crippen molar-refractivity contribution in [3.63, 3.8) is 0 Å². The van der Waals surface area contributed by atoms with Crippen LogP contribution in [0.2, 0.25) is 0 Å². The minimum Gasteiger partial charge on any atom is -0.481 e. The Bertz CT molecular complexity index is 731. The van der Waals surface area contributed by atoms with Crippen LogP contribution >= 0.6 is 0 Å². The van der Waals surface area contributed by atoms with Gasteiger partial charge in [0, 0.05) is 12.8 Å². The van der Waals surface area contributed by atoms with E-state index in [-0.39, 0.29) is 6.42 Å². The molecule has 1 rings (SSSR count). The fourth-order valence-electron chi connectivity index (χ4n) is 1.79. The summed E-state index contributed by atoms with van der Waals surface area (Å²) in [6, 6.07) is 0. The van der Waals surface area contributed by atoms with E-state index in [0.29, 0.717) is 0 Å². The molecule has 0 aliphatic carbocycles. The molecule has 2 unspecified atom stereocenters. The molecule has 13 nitrogen and oxygen atoms in total. The number of carbonyl (C=O) groups excluding carboxylic acids is 3. The van der Waals surface area contributed by atoms with Gasteiger partial charge in [0.05, 0.1) is 0 Å². The molecule has 0 aromatic heterocycles. The summed E-state index contributed by atoms with van der Waals surface area (Å²) >= 11 is 0. The second-order valence-corrected chi connectivity index (χ2v) is 7.63. The first-order chi connectivity index (χ1) is 10.8. The van der Waals surface area contributed by atoms with Crippen LogP contribution in [-0.4, -0.2) is 70.4 Å². The summed E-state index contributed by atoms with van der Waals surface area (Å²) in [6.07, 6.45) is -1.28. The summed E-state index contributed by atoms with van der Waals surface area (Å²) < 4.78 is 62.2. The van der Waals surface area contributed by atoms with Crippen LogP contribution in [0.15, 0.2) is 0 Å². The van der Waals surface area contributed by atoms with Crippen LogP contribution in [0.1, 0.15) is 19.3 Å². The molecule has 136 valence electrons. The number of amides is 2. The minimum absolute atomic E-state index is 0.242. The number of rotatable bonds is 7. The highest BCUT2D eigenvalue weighted by molar-refractivity contribution is 7.91. The van der Waals surface area contributed by atoms with Gasteiger partial charge in [-0.3, -0.25) is 23.5 Å². The summed E-state index contributed by atoms with van der Waals surface area (Å²) in [6.45, 7) is 0. The van der Waals surface area contributed by atoms with Gasteiger partial charge in [0.25, 0.3) is 32.1 Å². The Kier molecular flexibility index (Phi) is 5.65. The normalized spacial score (nSPS) is 21.8. The maximum atomic E-state index is 11.8. The largest absolute Gasteiger partial charge is 0.481 e. The zero-order chi connectivity index (χ0) is 18.9. The van der Waals surface area contributed by atoms with Crippen LogP contribution in [0.3, 0.4) is 0 Å². The number of carboxylic acid groups (broad SMARTS) is 1. The molecule has 0 radical (unpaired) electrons. The second kappa shape index (κ2) is 6.80. The van der Waals surface area contributed by atoms with Crippen LogP contribution in [0, 0.1) is 0 Å². The quantitative estimate of drug-likeness (QED) is 0.307. The van der Waals surface area contributed by atoms with E-state index in [2.05, 4.69) is 4.84 Å². The van der Waals surface area contributed by atoms with Gasteiger partial charge in [0.15, 0.2) is 10.5 Å². The Labute approximate surface area is 134 Å². The van der Waals surface area contributed by atoms with Gasteiger partial charge in [-0.1, -0.05) is 5.06 Å². The van der Waals surface area contributed by atoms with E-state index in [0.717, 1.165) is 0 Å². The number of nitrogens with zero attached hydrogens (tertiary/aromatic N) is 1. The predicted octanol–water partition coefficient (Wildman–Crippen LogP) is -2.42. The smallest absolute Gasteiger partial charge is 0.333 e. The number of imide groups is 1. The predicted molar refractivity (Wildman–Crippen MR) is 70.1 cm³/mol. The lowest BCUT2D eigenvalue weighted by Gasteiger charge is -2.12. The van der Waals surface area contributed by atoms with Gasteiger partial charge in [0.1, 0.15) is 0 Å². The van der Waals surface area contributed by atoms with E-state index in [9.17, 15) is 36.0 Å². The molecular weight excluding hydrogens is 378 g/mol. The van der Waals surface area contributed by atoms with Crippen molar-refractivity contribution in [2.45, 2.75) is 29.8 Å². The molecule has 1 heterocycles. The average Bonchev–Trinajstić information content (AvgIpc) is 2.62. The van der Waals surface area contributed by atoms with Gasteiger partial charge < -0.3 is 9.94 Å². The van der Waals surface area contributed by atoms with Gasteiger partial charge in [0.2, 0.25) is 0 Å². The summed E-state index contributed by atoms with van der Waals surface area (Å²) in [7, 11) is -10.9. The molecule has 15 heteroatoms. The lowest BCUT2D eigenvalue weighted by Crippen LogP contribution is -2.41. The standard InChI is InChI=1S/C9H11NO12S2/c11-4(12)2-1-3-5(13)22-10-8(14)6(23(16,17)18)7(9(10)15)24(19,20)21/h6-7H,1-3H2,(H,11,12)(H,16,17,18)(H,19,20,21). The van der Waals surface area contributed by atoms with E-state index in [4.69, 9.17) is 14.2 Å². The van der Waals surface area contributed by atoms with Crippen molar-refractivity contribution in [3.8, 4) is 0 Å². The van der Waals surface area contributed by atoms with Gasteiger partial charge in [-0.15, -0.1) is 0 Å². The third-order valence-corrected chi connectivity index (χ3v) is 5.17. The highest BCUT2D eigenvalue weighted by Crippen LogP contribution is 2.26. The van der Waals surface area contributed by atoms with Gasteiger partial charge in [-0.25, -0.2) is 4.79 Å². The van der Waals surface area contributed by atoms with Gasteiger partial charge in [-0.05, 0) is 6.42 Å². The van der Waals surface area contributed by atoms with E-state index in [1.54, 1.807) is 0 Å². The Morgan fingerprint density at radius 1 is 0.958 bits per heavy atom. The van der Waals surface area contributed by atoms with E-state index in [1.807, 2.05) is 0 Å². The maximum absolute atomic E-state index is 11.8. The minimum atomic E-state index is -5.43. The molecule has 1 aliphatic rings. The molecule has 1 fully saturated rings. The summed E-state index contributed by atoms with van der Waals surface area (Å²) in [5, 5.41) is 2.09. The Balaban J connectivity index is 3.02. The van der Waals surface area contributed by atoms with Crippen molar-refractivity contribution in [2.75, 3.05) is 0 Å². The Hall–Kier alpha value is -2.10. The van der Waals surface area contributed by atoms with Gasteiger partial charge in [-0.2, -0.15) is 16.8 Å². The molecule has 3 N–H and O–H groups in total. The van der Waals surface area contributed by atoms with Crippen LogP contribution < -0.4 is 0 Å². The molecule has 0 bridgehead atoms. The fourth-order valence-corrected chi connectivity index (χ4v) is 4.19. The number of hydrogen-bond acceptors (Lipinski definition) is 9. The summed E-state index contributed by atoms with van der Waals surface area (Å²) in [4.78, 5) is 49.4. The lowest BCUT2D eigenvalue weighted by atomic mass is 10.2. The highest BCUT2D eigenvalue weighted by atomic mass is 32.2. The van der Waals surface area contributed by atoms with Crippen LogP contribution in [-0.2, 0) is 44.3 Å². The lowest BCUT2D eigenvalue weighted by molar-refractivity contribution is -0.197. The van der Waals surface area contributed by atoms with Gasteiger partial charge >= 0.3 is 11.9 Å². The topological polar surface area (TPSA) is 210 Å². The monoisotopic (exact) mass is 389 g/mol. The molecule has 0 saturated carbocycles. The molecule has 0 spiro atoms. The van der Waals surface area contributed by atoms with Crippen molar-refractivity contribution in [3.05, 3.63) is 0 Å². The number of hydrogen-bond donors (Lipinski definition) is 3. The number of carboxylic acids is 1. The molecule has 0 aromatic carbocycles. The van der Waals surface area contributed by atoms with E-state index >= 15 is 0 Å². The van der Waals surface area contributed by atoms with Crippen LogP contribution in [0.25, 0.3) is 0 Å². The molecule has 1 saturated heterocycles. The number of hydroxylamine groups is 2. The zero-order valence-corrected chi connectivity index (χ0v) is 13.2. The summed E-state index contributed by atoms with van der Waals surface area (Å²) in [5.74, 6) is -6.36. The number of aliphatic carboxylic acids is 1.